The molecule has 1 amide bonds. The predicted molar refractivity (Wildman–Crippen MR) is 119 cm³/mol. The number of alkyl halides is 3. The number of carbonyl (C=O) groups excluding carboxylic acids is 1. The number of amides is 1. The van der Waals surface area contributed by atoms with Gasteiger partial charge in [-0.3, -0.25) is 9.79 Å². The molecule has 0 atom stereocenters. The fourth-order valence-corrected chi connectivity index (χ4v) is 2.28. The summed E-state index contributed by atoms with van der Waals surface area (Å²) < 4.78 is 43.1. The number of hydrogen-bond acceptors (Lipinski definition) is 3. The van der Waals surface area contributed by atoms with E-state index in [2.05, 4.69) is 15.6 Å². The van der Waals surface area contributed by atoms with Gasteiger partial charge in [0.1, 0.15) is 17.9 Å². The van der Waals surface area contributed by atoms with E-state index in [1.165, 1.54) is 7.05 Å². The van der Waals surface area contributed by atoms with Crippen molar-refractivity contribution in [1.82, 2.24) is 15.5 Å². The molecular weight excluding hydrogens is 500 g/mol. The Morgan fingerprint density at radius 2 is 1.83 bits per heavy atom. The van der Waals surface area contributed by atoms with Crippen LogP contribution in [0.1, 0.15) is 31.9 Å². The highest BCUT2D eigenvalue weighted by Gasteiger charge is 2.31. The Hall–Kier alpha value is -1.72. The Kier molecular flexibility index (Phi) is 10.8. The number of benzene rings is 1. The number of nitrogens with one attached hydrogen (secondary N) is 2. The minimum absolute atomic E-state index is 0. The molecule has 0 radical (unpaired) electrons. The van der Waals surface area contributed by atoms with Gasteiger partial charge in [-0.1, -0.05) is 12.1 Å². The molecule has 2 N–H and O–H groups in total. The lowest BCUT2D eigenvalue weighted by Crippen LogP contribution is -2.45. The van der Waals surface area contributed by atoms with E-state index >= 15 is 0 Å². The molecule has 1 rings (SSSR count). The molecular formula is C19H30F3IN4O2. The number of nitrogens with zero attached hydrogens (tertiary/aromatic N) is 2. The van der Waals surface area contributed by atoms with Crippen LogP contribution in [0.25, 0.3) is 0 Å². The van der Waals surface area contributed by atoms with Crippen molar-refractivity contribution in [3.63, 3.8) is 0 Å². The number of hydrogen-bond donors (Lipinski definition) is 2. The van der Waals surface area contributed by atoms with Gasteiger partial charge in [-0.15, -0.1) is 24.0 Å². The van der Waals surface area contributed by atoms with Crippen molar-refractivity contribution in [1.29, 1.82) is 0 Å². The highest BCUT2D eigenvalue weighted by atomic mass is 127. The van der Waals surface area contributed by atoms with Crippen LogP contribution in [0.15, 0.2) is 23.2 Å². The van der Waals surface area contributed by atoms with Gasteiger partial charge in [0.2, 0.25) is 5.91 Å². The molecule has 0 unspecified atom stereocenters. The Labute approximate surface area is 187 Å². The average molecular weight is 530 g/mol. The molecule has 29 heavy (non-hydrogen) atoms. The third-order valence-electron chi connectivity index (χ3n) is 3.56. The Morgan fingerprint density at radius 3 is 2.34 bits per heavy atom. The molecule has 0 heterocycles. The van der Waals surface area contributed by atoms with Crippen molar-refractivity contribution in [2.24, 2.45) is 4.99 Å². The summed E-state index contributed by atoms with van der Waals surface area (Å²) in [6, 6.07) is 5.82. The fourth-order valence-electron chi connectivity index (χ4n) is 2.28. The van der Waals surface area contributed by atoms with Crippen LogP contribution in [0, 0.1) is 6.92 Å². The lowest BCUT2D eigenvalue weighted by molar-refractivity contribution is -0.157. The van der Waals surface area contributed by atoms with Crippen molar-refractivity contribution in [3.8, 4) is 5.75 Å². The molecule has 6 nitrogen and oxygen atoms in total. The van der Waals surface area contributed by atoms with Crippen molar-refractivity contribution in [3.05, 3.63) is 29.3 Å². The third kappa shape index (κ3) is 11.1. The van der Waals surface area contributed by atoms with Crippen LogP contribution in [-0.2, 0) is 11.3 Å². The van der Waals surface area contributed by atoms with Crippen LogP contribution in [0.2, 0.25) is 0 Å². The molecule has 1 aromatic rings. The first-order valence-electron chi connectivity index (χ1n) is 8.84. The lowest BCUT2D eigenvalue weighted by Gasteiger charge is -2.24. The molecule has 166 valence electrons. The monoisotopic (exact) mass is 530 g/mol. The molecule has 0 spiro atoms. The van der Waals surface area contributed by atoms with Gasteiger partial charge in [-0.05, 0) is 39.3 Å². The first kappa shape index (κ1) is 27.3. The van der Waals surface area contributed by atoms with Crippen LogP contribution in [0.5, 0.6) is 5.75 Å². The van der Waals surface area contributed by atoms with E-state index in [0.717, 1.165) is 23.9 Å². The van der Waals surface area contributed by atoms with Crippen molar-refractivity contribution >= 4 is 35.8 Å². The van der Waals surface area contributed by atoms with Gasteiger partial charge in [-0.25, -0.2) is 0 Å². The molecule has 0 aromatic heterocycles. The summed E-state index contributed by atoms with van der Waals surface area (Å²) in [6.07, 6.45) is -4.43. The average Bonchev–Trinajstić information content (AvgIpc) is 2.53. The summed E-state index contributed by atoms with van der Waals surface area (Å²) >= 11 is 0. The summed E-state index contributed by atoms with van der Waals surface area (Å²) in [7, 11) is 2.62. The summed E-state index contributed by atoms with van der Waals surface area (Å²) in [4.78, 5) is 16.4. The summed E-state index contributed by atoms with van der Waals surface area (Å²) in [5.74, 6) is 0.347. The predicted octanol–water partition coefficient (Wildman–Crippen LogP) is 3.48. The highest BCUT2D eigenvalue weighted by molar-refractivity contribution is 14.0. The highest BCUT2D eigenvalue weighted by Crippen LogP contribution is 2.24. The first-order valence-corrected chi connectivity index (χ1v) is 8.84. The van der Waals surface area contributed by atoms with E-state index < -0.39 is 18.6 Å². The number of aryl methyl sites for hydroxylation is 1. The fraction of sp³-hybridized carbons (Fsp3) is 0.579. The standard InChI is InChI=1S/C19H29F3N4O2.HI/c1-13-7-8-14(15(9-13)28-18(2,3)4)10-24-17(23-5)25-11-16(27)26(6)12-19(20,21)22;/h7-9H,10-12H2,1-6H3,(H2,23,24,25);1H. The van der Waals surface area contributed by atoms with E-state index in [1.54, 1.807) is 0 Å². The number of halogens is 4. The Balaban J connectivity index is 0.00000784. The summed E-state index contributed by atoms with van der Waals surface area (Å²) in [5.41, 5.74) is 1.59. The number of aliphatic imine (C=N–C) groups is 1. The molecule has 1 aromatic carbocycles. The lowest BCUT2D eigenvalue weighted by atomic mass is 10.1. The molecule has 0 aliphatic heterocycles. The molecule has 0 bridgehead atoms. The summed E-state index contributed by atoms with van der Waals surface area (Å²) in [6.45, 7) is 6.61. The van der Waals surface area contributed by atoms with E-state index in [1.807, 2.05) is 45.9 Å². The van der Waals surface area contributed by atoms with Crippen LogP contribution < -0.4 is 15.4 Å². The maximum absolute atomic E-state index is 12.4. The van der Waals surface area contributed by atoms with Gasteiger partial charge < -0.3 is 20.3 Å². The second-order valence-electron chi connectivity index (χ2n) is 7.47. The topological polar surface area (TPSA) is 66.0 Å². The molecule has 0 aliphatic rings. The molecule has 0 saturated carbocycles. The van der Waals surface area contributed by atoms with Gasteiger partial charge in [0.15, 0.2) is 5.96 Å². The second kappa shape index (κ2) is 11.5. The van der Waals surface area contributed by atoms with Gasteiger partial charge in [0.05, 0.1) is 6.54 Å². The minimum atomic E-state index is -4.43. The van der Waals surface area contributed by atoms with Crippen molar-refractivity contribution in [2.75, 3.05) is 27.2 Å². The zero-order valence-corrected chi connectivity index (χ0v) is 19.9. The molecule has 0 fully saturated rings. The van der Waals surface area contributed by atoms with E-state index in [9.17, 15) is 18.0 Å². The maximum Gasteiger partial charge on any atom is 0.406 e. The number of likely N-dealkylation sites (N-methyl/N-ethyl adjacent to an activating group) is 1. The van der Waals surface area contributed by atoms with E-state index in [0.29, 0.717) is 17.4 Å². The van der Waals surface area contributed by atoms with Crippen LogP contribution in [0.4, 0.5) is 13.2 Å². The SMILES string of the molecule is CN=C(NCC(=O)N(C)CC(F)(F)F)NCc1ccc(C)cc1OC(C)(C)C.I. The quantitative estimate of drug-likeness (QED) is 0.336. The van der Waals surface area contributed by atoms with Gasteiger partial charge in [-0.2, -0.15) is 13.2 Å². The zero-order chi connectivity index (χ0) is 21.5. The smallest absolute Gasteiger partial charge is 0.406 e. The molecule has 10 heteroatoms. The Bertz CT molecular complexity index is 704. The zero-order valence-electron chi connectivity index (χ0n) is 17.6. The van der Waals surface area contributed by atoms with Crippen LogP contribution >= 0.6 is 24.0 Å². The normalized spacial score (nSPS) is 12.1. The largest absolute Gasteiger partial charge is 0.488 e. The van der Waals surface area contributed by atoms with E-state index in [4.69, 9.17) is 4.74 Å². The molecule has 0 aliphatic carbocycles. The summed E-state index contributed by atoms with van der Waals surface area (Å²) in [5, 5.41) is 5.76. The van der Waals surface area contributed by atoms with Crippen LogP contribution in [-0.4, -0.2) is 55.7 Å². The number of carbonyl (C=O) groups is 1. The van der Waals surface area contributed by atoms with Crippen molar-refractivity contribution < 1.29 is 22.7 Å². The van der Waals surface area contributed by atoms with Gasteiger partial charge in [0.25, 0.3) is 0 Å². The first-order chi connectivity index (χ1) is 12.8. The van der Waals surface area contributed by atoms with Gasteiger partial charge >= 0.3 is 6.18 Å². The second-order valence-corrected chi connectivity index (χ2v) is 7.47. The van der Waals surface area contributed by atoms with Crippen LogP contribution in [0.3, 0.4) is 0 Å². The maximum atomic E-state index is 12.4. The number of rotatable bonds is 6. The number of ether oxygens (including phenoxy) is 1. The van der Waals surface area contributed by atoms with Crippen molar-refractivity contribution in [2.45, 2.75) is 46.0 Å². The third-order valence-corrected chi connectivity index (χ3v) is 3.56. The Morgan fingerprint density at radius 1 is 1.21 bits per heavy atom. The minimum Gasteiger partial charge on any atom is -0.488 e. The molecule has 0 saturated heterocycles. The van der Waals surface area contributed by atoms with E-state index in [-0.39, 0.29) is 36.1 Å². The number of guanidine groups is 1. The van der Waals surface area contributed by atoms with Gasteiger partial charge in [0, 0.05) is 26.2 Å².